The lowest BCUT2D eigenvalue weighted by atomic mass is 9.80. The summed E-state index contributed by atoms with van der Waals surface area (Å²) in [5, 5.41) is 11.9. The van der Waals surface area contributed by atoms with Gasteiger partial charge in [0.1, 0.15) is 0 Å². The molecule has 0 fully saturated rings. The molecule has 1 aromatic heterocycles. The van der Waals surface area contributed by atoms with E-state index < -0.39 is 23.8 Å². The van der Waals surface area contributed by atoms with Crippen LogP contribution in [0.3, 0.4) is 0 Å². The Hall–Kier alpha value is -3.73. The lowest BCUT2D eigenvalue weighted by Crippen LogP contribution is -2.35. The van der Waals surface area contributed by atoms with Crippen molar-refractivity contribution in [1.82, 2.24) is 10.3 Å². The van der Waals surface area contributed by atoms with Gasteiger partial charge in [-0.2, -0.15) is 0 Å². The van der Waals surface area contributed by atoms with Gasteiger partial charge in [0.2, 0.25) is 0 Å². The van der Waals surface area contributed by atoms with E-state index >= 15 is 0 Å². The molecule has 0 amide bonds. The number of aromatic carboxylic acids is 1. The number of carboxylic acid groups (broad SMARTS) is 1. The van der Waals surface area contributed by atoms with Gasteiger partial charge in [0.05, 0.1) is 55.3 Å². The molecule has 0 spiro atoms. The topological polar surface area (TPSA) is 150 Å². The number of benzene rings is 1. The van der Waals surface area contributed by atoms with E-state index in [0.717, 1.165) is 0 Å². The van der Waals surface area contributed by atoms with Gasteiger partial charge in [-0.05, 0) is 37.6 Å². The molecule has 0 radical (unpaired) electrons. The minimum absolute atomic E-state index is 0.109. The first-order valence-electron chi connectivity index (χ1n) is 11.4. The summed E-state index contributed by atoms with van der Waals surface area (Å²) in [7, 11) is 1.29. The van der Waals surface area contributed by atoms with E-state index in [-0.39, 0.29) is 24.4 Å². The Morgan fingerprint density at radius 3 is 2.41 bits per heavy atom. The number of pyridine rings is 1. The summed E-state index contributed by atoms with van der Waals surface area (Å²) in [6, 6.07) is 10.1. The molecule has 198 valence electrons. The number of nitrogens with two attached hydrogens (primary N) is 1. The molecule has 2 aromatic rings. The monoisotopic (exact) mass is 531 g/mol. The number of nitrogens with zero attached hydrogens (tertiary/aromatic N) is 1. The van der Waals surface area contributed by atoms with Gasteiger partial charge in [0, 0.05) is 29.7 Å². The smallest absolute Gasteiger partial charge is 0.337 e. The van der Waals surface area contributed by atoms with Crippen LogP contribution < -0.4 is 11.1 Å². The molecule has 2 heterocycles. The number of dihydropyridines is 1. The van der Waals surface area contributed by atoms with Crippen LogP contribution in [0.15, 0.2) is 71.3 Å². The van der Waals surface area contributed by atoms with Crippen LogP contribution in [0.1, 0.15) is 35.7 Å². The summed E-state index contributed by atoms with van der Waals surface area (Å²) in [5.74, 6) is -2.81. The van der Waals surface area contributed by atoms with Gasteiger partial charge in [-0.15, -0.1) is 0 Å². The fraction of sp³-hybridized carbons (Fsp3) is 0.308. The normalized spacial score (nSPS) is 14.8. The number of rotatable bonds is 9. The van der Waals surface area contributed by atoms with E-state index in [1.54, 1.807) is 44.2 Å². The third-order valence-corrected chi connectivity index (χ3v) is 5.52. The number of carbonyl (C=O) groups is 3. The number of esters is 2. The van der Waals surface area contributed by atoms with Crippen LogP contribution in [0.4, 0.5) is 0 Å². The first-order valence-corrected chi connectivity index (χ1v) is 11.8. The van der Waals surface area contributed by atoms with Crippen LogP contribution in [0.5, 0.6) is 0 Å². The quantitative estimate of drug-likeness (QED) is 0.325. The van der Waals surface area contributed by atoms with Crippen molar-refractivity contribution in [2.75, 3.05) is 33.5 Å². The molecule has 3 rings (SSSR count). The van der Waals surface area contributed by atoms with Crippen molar-refractivity contribution < 1.29 is 33.7 Å². The molecular formula is C26H30ClN3O7. The van der Waals surface area contributed by atoms with Crippen LogP contribution in [0.25, 0.3) is 0 Å². The molecule has 0 saturated carbocycles. The molecular weight excluding hydrogens is 502 g/mol. The molecule has 10 nitrogen and oxygen atoms in total. The fourth-order valence-electron chi connectivity index (χ4n) is 3.61. The summed E-state index contributed by atoms with van der Waals surface area (Å²) in [5.41, 5.74) is 7.92. The van der Waals surface area contributed by atoms with E-state index in [2.05, 4.69) is 10.3 Å². The molecule has 1 aliphatic rings. The maximum atomic E-state index is 12.9. The maximum Gasteiger partial charge on any atom is 0.337 e. The Morgan fingerprint density at radius 1 is 1.14 bits per heavy atom. The number of nitrogens with one attached hydrogen (secondary N) is 1. The van der Waals surface area contributed by atoms with Crippen LogP contribution in [0, 0.1) is 0 Å². The van der Waals surface area contributed by atoms with E-state index in [1.807, 2.05) is 0 Å². The second kappa shape index (κ2) is 14.7. The van der Waals surface area contributed by atoms with Crippen LogP contribution >= 0.6 is 11.6 Å². The lowest BCUT2D eigenvalue weighted by Gasteiger charge is -2.31. The van der Waals surface area contributed by atoms with Crippen LogP contribution in [0.2, 0.25) is 5.02 Å². The van der Waals surface area contributed by atoms with Crippen molar-refractivity contribution in [1.29, 1.82) is 0 Å². The first kappa shape index (κ1) is 29.5. The van der Waals surface area contributed by atoms with Crippen molar-refractivity contribution in [2.45, 2.75) is 19.8 Å². The zero-order chi connectivity index (χ0) is 27.4. The van der Waals surface area contributed by atoms with E-state index in [9.17, 15) is 14.4 Å². The van der Waals surface area contributed by atoms with E-state index in [4.69, 9.17) is 36.7 Å². The van der Waals surface area contributed by atoms with Gasteiger partial charge in [-0.3, -0.25) is 4.98 Å². The average molecular weight is 532 g/mol. The summed E-state index contributed by atoms with van der Waals surface area (Å²) in [4.78, 5) is 39.2. The number of methoxy groups -OCH3 is 1. The molecule has 37 heavy (non-hydrogen) atoms. The molecule has 1 atom stereocenters. The first-order chi connectivity index (χ1) is 17.8. The number of hydrogen-bond acceptors (Lipinski definition) is 9. The van der Waals surface area contributed by atoms with Crippen LogP contribution in [-0.2, 0) is 23.8 Å². The average Bonchev–Trinajstić information content (AvgIpc) is 2.89. The minimum atomic E-state index is -0.942. The number of halogens is 1. The summed E-state index contributed by atoms with van der Waals surface area (Å²) in [6.07, 6.45) is 2.84. The largest absolute Gasteiger partial charge is 0.478 e. The second-order valence-electron chi connectivity index (χ2n) is 7.61. The fourth-order valence-corrected chi connectivity index (χ4v) is 3.85. The zero-order valence-electron chi connectivity index (χ0n) is 20.8. The molecule has 0 saturated heterocycles. The Labute approximate surface area is 220 Å². The third kappa shape index (κ3) is 7.88. The summed E-state index contributed by atoms with van der Waals surface area (Å²) >= 11 is 6.42. The molecule has 11 heteroatoms. The van der Waals surface area contributed by atoms with Gasteiger partial charge < -0.3 is 30.4 Å². The van der Waals surface area contributed by atoms with Gasteiger partial charge >= 0.3 is 17.9 Å². The van der Waals surface area contributed by atoms with E-state index in [1.165, 1.54) is 25.6 Å². The van der Waals surface area contributed by atoms with Crippen molar-refractivity contribution in [3.63, 3.8) is 0 Å². The van der Waals surface area contributed by atoms with Crippen molar-refractivity contribution in [2.24, 2.45) is 5.73 Å². The van der Waals surface area contributed by atoms with Crippen LogP contribution in [-0.4, -0.2) is 61.5 Å². The maximum absolute atomic E-state index is 12.9. The number of carboxylic acids is 1. The van der Waals surface area contributed by atoms with Crippen molar-refractivity contribution in [3.05, 3.63) is 87.5 Å². The van der Waals surface area contributed by atoms with Gasteiger partial charge in [-0.25, -0.2) is 14.4 Å². The Morgan fingerprint density at radius 2 is 1.86 bits per heavy atom. The van der Waals surface area contributed by atoms with Gasteiger partial charge in [-0.1, -0.05) is 29.8 Å². The Kier molecular flexibility index (Phi) is 11.8. The number of carbonyl (C=O) groups excluding carboxylic acids is 2. The molecule has 0 bridgehead atoms. The molecule has 0 aliphatic carbocycles. The third-order valence-electron chi connectivity index (χ3n) is 5.18. The van der Waals surface area contributed by atoms with Gasteiger partial charge in [0.15, 0.2) is 0 Å². The molecule has 4 N–H and O–H groups in total. The molecule has 0 unspecified atom stereocenters. The Bertz CT molecular complexity index is 1170. The van der Waals surface area contributed by atoms with E-state index in [0.29, 0.717) is 40.7 Å². The number of allylic oxidation sites excluding steroid dienone is 1. The second-order valence-corrected chi connectivity index (χ2v) is 8.02. The minimum Gasteiger partial charge on any atom is -0.478 e. The number of hydrogen-bond donors (Lipinski definition) is 3. The lowest BCUT2D eigenvalue weighted by molar-refractivity contribution is -0.139. The summed E-state index contributed by atoms with van der Waals surface area (Å²) in [6.45, 7) is 4.42. The SMILES string of the molecule is CCOC(=O)C1=C(COCCN)NC(C)=C(C(=O)OC)[C@@H]1c1ccccc1Cl.O=C(O)c1cccnc1. The zero-order valence-corrected chi connectivity index (χ0v) is 21.6. The highest BCUT2D eigenvalue weighted by atomic mass is 35.5. The predicted molar refractivity (Wildman–Crippen MR) is 137 cm³/mol. The van der Waals surface area contributed by atoms with Gasteiger partial charge in [0.25, 0.3) is 0 Å². The highest BCUT2D eigenvalue weighted by molar-refractivity contribution is 6.31. The Balaban J connectivity index is 0.000000449. The van der Waals surface area contributed by atoms with Crippen molar-refractivity contribution in [3.8, 4) is 0 Å². The standard InChI is InChI=1S/C20H25ClN2O5.C6H5NO2/c1-4-28-20(25)18-15(11-27-10-9-22)23-12(2)16(19(24)26-3)17(18)13-7-5-6-8-14(13)21;8-6(9)5-2-1-3-7-4-5/h5-8,17,23H,4,9-11,22H2,1-3H3;1-4H,(H,8,9)/t17-;/m0./s1. The summed E-state index contributed by atoms with van der Waals surface area (Å²) < 4.78 is 15.8. The van der Waals surface area contributed by atoms with Crippen molar-refractivity contribution >= 4 is 29.5 Å². The predicted octanol–water partition coefficient (Wildman–Crippen LogP) is 3.05. The molecule has 1 aliphatic heterocycles. The molecule has 1 aromatic carbocycles. The number of ether oxygens (including phenoxy) is 3. The number of aromatic nitrogens is 1. The highest BCUT2D eigenvalue weighted by Gasteiger charge is 2.39. The highest BCUT2D eigenvalue weighted by Crippen LogP contribution is 2.41.